The first kappa shape index (κ1) is 26.6. The molecule has 0 radical (unpaired) electrons. The van der Waals surface area contributed by atoms with E-state index in [4.69, 9.17) is 16.6 Å². The summed E-state index contributed by atoms with van der Waals surface area (Å²) in [6, 6.07) is 4.22. The van der Waals surface area contributed by atoms with Crippen molar-refractivity contribution in [2.24, 2.45) is 17.4 Å². The molecular weight excluding hydrogens is 418 g/mol. The topological polar surface area (TPSA) is 194 Å². The molecule has 4 amide bonds. The molecular formula is C21H31N5O6. The fourth-order valence-corrected chi connectivity index (χ4v) is 2.69. The van der Waals surface area contributed by atoms with Crippen LogP contribution in [0, 0.1) is 5.92 Å². The van der Waals surface area contributed by atoms with E-state index in [0.717, 1.165) is 5.56 Å². The van der Waals surface area contributed by atoms with Crippen molar-refractivity contribution in [3.8, 4) is 0 Å². The van der Waals surface area contributed by atoms with Gasteiger partial charge in [-0.25, -0.2) is 0 Å². The van der Waals surface area contributed by atoms with Crippen LogP contribution in [0.25, 0.3) is 0 Å². The molecule has 0 aliphatic rings. The number of amides is 4. The Morgan fingerprint density at radius 3 is 1.91 bits per heavy atom. The second-order valence-corrected chi connectivity index (χ2v) is 7.82. The molecule has 4 atom stereocenters. The molecule has 32 heavy (non-hydrogen) atoms. The number of carboxylic acids is 1. The Labute approximate surface area is 186 Å². The third-order valence-corrected chi connectivity index (χ3v) is 4.70. The van der Waals surface area contributed by atoms with Gasteiger partial charge in [-0.05, 0) is 18.4 Å². The molecule has 176 valence electrons. The molecule has 0 saturated carbocycles. The lowest BCUT2D eigenvalue weighted by molar-refractivity contribution is -0.142. The fourth-order valence-electron chi connectivity index (χ4n) is 2.69. The van der Waals surface area contributed by atoms with E-state index < -0.39 is 60.2 Å². The van der Waals surface area contributed by atoms with Crippen LogP contribution >= 0.6 is 0 Å². The minimum absolute atomic E-state index is 0.0969. The van der Waals surface area contributed by atoms with Crippen LogP contribution in [0.3, 0.4) is 0 Å². The van der Waals surface area contributed by atoms with E-state index in [1.54, 1.807) is 44.2 Å². The first-order valence-corrected chi connectivity index (χ1v) is 10.1. The van der Waals surface area contributed by atoms with Gasteiger partial charge >= 0.3 is 5.97 Å². The lowest BCUT2D eigenvalue weighted by atomic mass is 10.0. The van der Waals surface area contributed by atoms with Gasteiger partial charge in [0.15, 0.2) is 0 Å². The minimum Gasteiger partial charge on any atom is -0.480 e. The number of nitrogens with one attached hydrogen (secondary N) is 3. The molecule has 1 rings (SSSR count). The van der Waals surface area contributed by atoms with Crippen LogP contribution in [0.1, 0.15) is 32.8 Å². The average Bonchev–Trinajstić information content (AvgIpc) is 2.72. The Bertz CT molecular complexity index is 829. The molecule has 0 bridgehead atoms. The first-order chi connectivity index (χ1) is 14.9. The second kappa shape index (κ2) is 12.4. The highest BCUT2D eigenvalue weighted by Gasteiger charge is 2.30. The van der Waals surface area contributed by atoms with Gasteiger partial charge < -0.3 is 32.5 Å². The van der Waals surface area contributed by atoms with E-state index >= 15 is 0 Å². The van der Waals surface area contributed by atoms with E-state index in [1.807, 2.05) is 0 Å². The molecule has 0 spiro atoms. The van der Waals surface area contributed by atoms with Gasteiger partial charge in [0.2, 0.25) is 23.6 Å². The van der Waals surface area contributed by atoms with Gasteiger partial charge in [-0.15, -0.1) is 0 Å². The quantitative estimate of drug-likeness (QED) is 0.227. The lowest BCUT2D eigenvalue weighted by Crippen LogP contribution is -2.58. The summed E-state index contributed by atoms with van der Waals surface area (Å²) in [6.07, 6.45) is -0.457. The zero-order valence-corrected chi connectivity index (χ0v) is 18.3. The molecule has 0 aromatic heterocycles. The standard InChI is InChI=1S/C21H31N5O6/c1-11(2)17(23)20(30)26-14(9-13-7-5-4-6-8-13)19(29)25-15(10-16(22)27)18(28)24-12(3)21(31)32/h4-8,11-12,14-15,17H,9-10,23H2,1-3H3,(H2,22,27)(H,24,28)(H,25,29)(H,26,30)(H,31,32). The first-order valence-electron chi connectivity index (χ1n) is 10.1. The molecule has 4 unspecified atom stereocenters. The van der Waals surface area contributed by atoms with Crippen LogP contribution in [-0.2, 0) is 30.4 Å². The second-order valence-electron chi connectivity index (χ2n) is 7.82. The van der Waals surface area contributed by atoms with Crippen molar-refractivity contribution in [3.05, 3.63) is 35.9 Å². The Hall–Kier alpha value is -3.47. The Morgan fingerprint density at radius 1 is 0.875 bits per heavy atom. The van der Waals surface area contributed by atoms with E-state index in [2.05, 4.69) is 16.0 Å². The molecule has 11 heteroatoms. The number of carbonyl (C=O) groups excluding carboxylic acids is 4. The van der Waals surface area contributed by atoms with Crippen LogP contribution in [0.4, 0.5) is 0 Å². The molecule has 0 aliphatic heterocycles. The van der Waals surface area contributed by atoms with Crippen LogP contribution in [0.15, 0.2) is 30.3 Å². The minimum atomic E-state index is -1.42. The van der Waals surface area contributed by atoms with E-state index in [-0.39, 0.29) is 12.3 Å². The molecule has 0 saturated heterocycles. The SMILES string of the molecule is CC(NC(=O)C(CC(N)=O)NC(=O)C(Cc1ccccc1)NC(=O)C(N)C(C)C)C(=O)O. The molecule has 1 aromatic carbocycles. The van der Waals surface area contributed by atoms with Crippen molar-refractivity contribution in [2.45, 2.75) is 57.8 Å². The summed E-state index contributed by atoms with van der Waals surface area (Å²) in [5, 5.41) is 16.1. The predicted octanol–water partition coefficient (Wildman–Crippen LogP) is -1.35. The lowest BCUT2D eigenvalue weighted by Gasteiger charge is -2.25. The third kappa shape index (κ3) is 8.72. The molecule has 8 N–H and O–H groups in total. The van der Waals surface area contributed by atoms with Gasteiger partial charge in [-0.1, -0.05) is 44.2 Å². The number of rotatable bonds is 12. The highest BCUT2D eigenvalue weighted by molar-refractivity contribution is 5.96. The molecule has 0 aliphatic carbocycles. The number of aliphatic carboxylic acids is 1. The highest BCUT2D eigenvalue weighted by atomic mass is 16.4. The number of carboxylic acid groups (broad SMARTS) is 1. The number of hydrogen-bond donors (Lipinski definition) is 6. The van der Waals surface area contributed by atoms with Gasteiger partial charge in [-0.2, -0.15) is 0 Å². The summed E-state index contributed by atoms with van der Waals surface area (Å²) in [4.78, 5) is 60.3. The zero-order chi connectivity index (χ0) is 24.4. The maximum Gasteiger partial charge on any atom is 0.325 e. The number of primary amides is 1. The summed E-state index contributed by atoms with van der Waals surface area (Å²) < 4.78 is 0. The van der Waals surface area contributed by atoms with Crippen molar-refractivity contribution < 1.29 is 29.1 Å². The van der Waals surface area contributed by atoms with Gasteiger partial charge in [0.25, 0.3) is 0 Å². The maximum absolute atomic E-state index is 13.0. The normalized spacial score (nSPS) is 14.5. The van der Waals surface area contributed by atoms with Crippen molar-refractivity contribution in [1.82, 2.24) is 16.0 Å². The smallest absolute Gasteiger partial charge is 0.325 e. The summed E-state index contributed by atoms with van der Waals surface area (Å²) >= 11 is 0. The van der Waals surface area contributed by atoms with Gasteiger partial charge in [0.1, 0.15) is 18.1 Å². The van der Waals surface area contributed by atoms with Gasteiger partial charge in [-0.3, -0.25) is 24.0 Å². The Morgan fingerprint density at radius 2 is 1.41 bits per heavy atom. The van der Waals surface area contributed by atoms with Crippen molar-refractivity contribution in [1.29, 1.82) is 0 Å². The molecule has 0 heterocycles. The van der Waals surface area contributed by atoms with Crippen molar-refractivity contribution >= 4 is 29.6 Å². The third-order valence-electron chi connectivity index (χ3n) is 4.70. The number of benzene rings is 1. The van der Waals surface area contributed by atoms with Crippen LogP contribution < -0.4 is 27.4 Å². The van der Waals surface area contributed by atoms with Crippen LogP contribution in [0.5, 0.6) is 0 Å². The zero-order valence-electron chi connectivity index (χ0n) is 18.3. The van der Waals surface area contributed by atoms with E-state index in [9.17, 15) is 24.0 Å². The monoisotopic (exact) mass is 449 g/mol. The molecule has 0 fully saturated rings. The van der Waals surface area contributed by atoms with Gasteiger partial charge in [0.05, 0.1) is 12.5 Å². The van der Waals surface area contributed by atoms with E-state index in [1.165, 1.54) is 6.92 Å². The summed E-state index contributed by atoms with van der Waals surface area (Å²) in [7, 11) is 0. The largest absolute Gasteiger partial charge is 0.480 e. The number of nitrogens with two attached hydrogens (primary N) is 2. The number of hydrogen-bond acceptors (Lipinski definition) is 6. The summed E-state index contributed by atoms with van der Waals surface area (Å²) in [5.74, 6) is -4.54. The molecule has 1 aromatic rings. The maximum atomic E-state index is 13.0. The summed E-state index contributed by atoms with van der Waals surface area (Å²) in [5.41, 5.74) is 11.8. The molecule has 11 nitrogen and oxygen atoms in total. The average molecular weight is 450 g/mol. The van der Waals surface area contributed by atoms with Crippen LogP contribution in [-0.4, -0.2) is 58.9 Å². The van der Waals surface area contributed by atoms with Crippen molar-refractivity contribution in [3.63, 3.8) is 0 Å². The Balaban J connectivity index is 3.07. The summed E-state index contributed by atoms with van der Waals surface area (Å²) in [6.45, 7) is 4.75. The fraction of sp³-hybridized carbons (Fsp3) is 0.476. The van der Waals surface area contributed by atoms with Crippen LogP contribution in [0.2, 0.25) is 0 Å². The van der Waals surface area contributed by atoms with Crippen molar-refractivity contribution in [2.75, 3.05) is 0 Å². The van der Waals surface area contributed by atoms with E-state index in [0.29, 0.717) is 0 Å². The van der Waals surface area contributed by atoms with Gasteiger partial charge in [0, 0.05) is 6.42 Å². The Kier molecular flexibility index (Phi) is 10.3. The predicted molar refractivity (Wildman–Crippen MR) is 116 cm³/mol. The number of carbonyl (C=O) groups is 5. The highest BCUT2D eigenvalue weighted by Crippen LogP contribution is 2.06.